The van der Waals surface area contributed by atoms with Crippen molar-refractivity contribution in [2.45, 2.75) is 104 Å². The van der Waals surface area contributed by atoms with E-state index >= 15 is 0 Å². The monoisotopic (exact) mass is 406 g/mol. The summed E-state index contributed by atoms with van der Waals surface area (Å²) in [6.07, 6.45) is 17.8. The maximum absolute atomic E-state index is 10.4. The summed E-state index contributed by atoms with van der Waals surface area (Å²) in [7, 11) is 0. The Morgan fingerprint density at radius 1 is 0.593 bits per heavy atom. The average molecular weight is 407 g/mol. The predicted molar refractivity (Wildman–Crippen MR) is 115 cm³/mol. The van der Waals surface area contributed by atoms with Gasteiger partial charge in [0.05, 0.1) is 0 Å². The molecule has 4 nitrogen and oxygen atoms in total. The third kappa shape index (κ3) is 24.0. The summed E-state index contributed by atoms with van der Waals surface area (Å²) in [6.45, 7) is 4.39. The van der Waals surface area contributed by atoms with E-state index in [1.807, 2.05) is 0 Å². The van der Waals surface area contributed by atoms with Gasteiger partial charge in [0.15, 0.2) is 0 Å². The molecule has 0 amide bonds. The van der Waals surface area contributed by atoms with Gasteiger partial charge in [-0.05, 0) is 65.2 Å². The molecule has 0 saturated carbocycles. The van der Waals surface area contributed by atoms with E-state index in [1.165, 1.54) is 11.1 Å². The molecule has 0 spiro atoms. The minimum absolute atomic E-state index is 0. The first-order chi connectivity index (χ1) is 12.4. The number of hydrogen-bond donors (Lipinski definition) is 2. The molecule has 0 aliphatic rings. The van der Waals surface area contributed by atoms with Gasteiger partial charge in [-0.15, -0.1) is 0 Å². The second kappa shape index (κ2) is 20.8. The number of carboxylic acids is 2. The van der Waals surface area contributed by atoms with Crippen LogP contribution >= 0.6 is 0 Å². The van der Waals surface area contributed by atoms with Crippen molar-refractivity contribution in [3.63, 3.8) is 0 Å². The second-order valence-electron chi connectivity index (χ2n) is 7.29. The topological polar surface area (TPSA) is 74.6 Å². The molecule has 152 valence electrons. The van der Waals surface area contributed by atoms with Crippen LogP contribution in [0.25, 0.3) is 0 Å². The van der Waals surface area contributed by atoms with E-state index in [-0.39, 0.29) is 51.4 Å². The molecule has 0 aromatic carbocycles. The van der Waals surface area contributed by atoms with Gasteiger partial charge >= 0.3 is 63.3 Å². The van der Waals surface area contributed by atoms with E-state index in [2.05, 4.69) is 26.0 Å². The Morgan fingerprint density at radius 3 is 1.26 bits per heavy atom. The van der Waals surface area contributed by atoms with Crippen molar-refractivity contribution in [1.29, 1.82) is 0 Å². The summed E-state index contributed by atoms with van der Waals surface area (Å²) in [5, 5.41) is 17.2. The molecule has 0 aromatic heterocycles. The SMILES string of the molecule is CC(=CCCCCCCC(=O)O)CCC(C)=CCCCCCCC(=O)O.[KH]. The van der Waals surface area contributed by atoms with Gasteiger partial charge in [-0.25, -0.2) is 0 Å². The molecule has 0 aliphatic carbocycles. The van der Waals surface area contributed by atoms with Crippen LogP contribution in [0.5, 0.6) is 0 Å². The van der Waals surface area contributed by atoms with Gasteiger partial charge in [0, 0.05) is 12.8 Å². The van der Waals surface area contributed by atoms with E-state index in [0.29, 0.717) is 12.8 Å². The van der Waals surface area contributed by atoms with E-state index in [0.717, 1.165) is 77.0 Å². The number of carboxylic acid groups (broad SMARTS) is 2. The molecular formula is C22H39KO4. The van der Waals surface area contributed by atoms with Crippen molar-refractivity contribution in [3.05, 3.63) is 23.3 Å². The summed E-state index contributed by atoms with van der Waals surface area (Å²) in [4.78, 5) is 20.8. The van der Waals surface area contributed by atoms with Gasteiger partial charge in [-0.2, -0.15) is 0 Å². The number of hydrogen-bond acceptors (Lipinski definition) is 2. The van der Waals surface area contributed by atoms with Crippen LogP contribution < -0.4 is 0 Å². The van der Waals surface area contributed by atoms with Crippen LogP contribution in [-0.2, 0) is 9.59 Å². The molecular weight excluding hydrogens is 367 g/mol. The van der Waals surface area contributed by atoms with Crippen molar-refractivity contribution in [2.75, 3.05) is 0 Å². The van der Waals surface area contributed by atoms with E-state index < -0.39 is 11.9 Å². The Hall–Kier alpha value is 0.0564. The van der Waals surface area contributed by atoms with Crippen LogP contribution in [0.2, 0.25) is 0 Å². The van der Waals surface area contributed by atoms with Gasteiger partial charge < -0.3 is 10.2 Å². The number of unbranched alkanes of at least 4 members (excludes halogenated alkanes) is 8. The number of rotatable bonds is 17. The van der Waals surface area contributed by atoms with Gasteiger partial charge in [-0.1, -0.05) is 49.0 Å². The van der Waals surface area contributed by atoms with Crippen LogP contribution in [0.1, 0.15) is 104 Å². The van der Waals surface area contributed by atoms with Gasteiger partial charge in [-0.3, -0.25) is 9.59 Å². The van der Waals surface area contributed by atoms with Gasteiger partial charge in [0.2, 0.25) is 0 Å². The molecule has 0 fully saturated rings. The average Bonchev–Trinajstić information content (AvgIpc) is 2.57. The number of carbonyl (C=O) groups is 2. The van der Waals surface area contributed by atoms with E-state index in [1.54, 1.807) is 0 Å². The van der Waals surface area contributed by atoms with Crippen LogP contribution in [0.3, 0.4) is 0 Å². The van der Waals surface area contributed by atoms with E-state index in [4.69, 9.17) is 10.2 Å². The second-order valence-corrected chi connectivity index (χ2v) is 7.29. The van der Waals surface area contributed by atoms with Crippen LogP contribution in [0.15, 0.2) is 23.3 Å². The molecule has 0 atom stereocenters. The zero-order valence-electron chi connectivity index (χ0n) is 16.8. The molecule has 2 N–H and O–H groups in total. The Labute approximate surface area is 208 Å². The molecule has 5 heteroatoms. The van der Waals surface area contributed by atoms with Crippen LogP contribution in [-0.4, -0.2) is 73.5 Å². The third-order valence-corrected chi connectivity index (χ3v) is 4.59. The minimum atomic E-state index is -0.692. The maximum atomic E-state index is 10.4. The molecule has 0 saturated heterocycles. The molecule has 0 rings (SSSR count). The first-order valence-electron chi connectivity index (χ1n) is 10.2. The fourth-order valence-corrected chi connectivity index (χ4v) is 2.84. The standard InChI is InChI=1S/C22H38O4.K.H/c1-19(13-9-5-3-7-11-15-21(23)24)17-18-20(2)14-10-6-4-8-12-16-22(25)26;;/h13-14H,3-12,15-18H2,1-2H3,(H,23,24)(H,25,26);;. The zero-order chi connectivity index (χ0) is 19.6. The summed E-state index contributed by atoms with van der Waals surface area (Å²) in [5.41, 5.74) is 2.88. The molecule has 0 aromatic rings. The quantitative estimate of drug-likeness (QED) is 0.180. The fourth-order valence-electron chi connectivity index (χ4n) is 2.84. The van der Waals surface area contributed by atoms with Crippen LogP contribution in [0, 0.1) is 0 Å². The summed E-state index contributed by atoms with van der Waals surface area (Å²) >= 11 is 0. The Morgan fingerprint density at radius 2 is 0.926 bits per heavy atom. The summed E-state index contributed by atoms with van der Waals surface area (Å²) in [5.74, 6) is -1.38. The predicted octanol–water partition coefficient (Wildman–Crippen LogP) is 5.86. The third-order valence-electron chi connectivity index (χ3n) is 4.59. The molecule has 0 heterocycles. The van der Waals surface area contributed by atoms with Crippen molar-refractivity contribution < 1.29 is 19.8 Å². The summed E-state index contributed by atoms with van der Waals surface area (Å²) in [6, 6.07) is 0. The molecule has 27 heavy (non-hydrogen) atoms. The molecule has 0 aliphatic heterocycles. The van der Waals surface area contributed by atoms with E-state index in [9.17, 15) is 9.59 Å². The molecule has 0 radical (unpaired) electrons. The van der Waals surface area contributed by atoms with Crippen molar-refractivity contribution >= 4 is 63.3 Å². The first kappa shape index (κ1) is 29.3. The Balaban J connectivity index is 0. The summed E-state index contributed by atoms with van der Waals surface area (Å²) < 4.78 is 0. The first-order valence-corrected chi connectivity index (χ1v) is 10.2. The van der Waals surface area contributed by atoms with Crippen LogP contribution in [0.4, 0.5) is 0 Å². The zero-order valence-corrected chi connectivity index (χ0v) is 16.8. The molecule has 0 unspecified atom stereocenters. The molecule has 0 bridgehead atoms. The Kier molecular flexibility index (Phi) is 22.5. The number of aliphatic carboxylic acids is 2. The van der Waals surface area contributed by atoms with Gasteiger partial charge in [0.1, 0.15) is 0 Å². The Bertz CT molecular complexity index is 413. The normalized spacial score (nSPS) is 11.9. The van der Waals surface area contributed by atoms with Crippen molar-refractivity contribution in [3.8, 4) is 0 Å². The van der Waals surface area contributed by atoms with Gasteiger partial charge in [0.25, 0.3) is 0 Å². The van der Waals surface area contributed by atoms with Crippen molar-refractivity contribution in [1.82, 2.24) is 0 Å². The fraction of sp³-hybridized carbons (Fsp3) is 0.727. The van der Waals surface area contributed by atoms with Crippen molar-refractivity contribution in [2.24, 2.45) is 0 Å². The number of allylic oxidation sites excluding steroid dienone is 4.